The number of hydrogen-bond donors (Lipinski definition) is 0. The summed E-state index contributed by atoms with van der Waals surface area (Å²) >= 11 is 1.47. The van der Waals surface area contributed by atoms with E-state index < -0.39 is 0 Å². The number of aromatic nitrogens is 3. The SMILES string of the molecule is Cc1ccc(-c2nnc(-c3ccc(F)cc3)s2)cn1. The van der Waals surface area contributed by atoms with Crippen molar-refractivity contribution in [2.24, 2.45) is 0 Å². The maximum Gasteiger partial charge on any atom is 0.149 e. The molecule has 0 atom stereocenters. The Kier molecular flexibility index (Phi) is 3.05. The van der Waals surface area contributed by atoms with Crippen molar-refractivity contribution in [3.63, 3.8) is 0 Å². The minimum absolute atomic E-state index is 0.253. The van der Waals surface area contributed by atoms with Gasteiger partial charge in [0.15, 0.2) is 0 Å². The molecule has 19 heavy (non-hydrogen) atoms. The van der Waals surface area contributed by atoms with Gasteiger partial charge in [0.05, 0.1) is 0 Å². The number of halogens is 1. The Bertz CT molecular complexity index is 629. The molecule has 2 aromatic heterocycles. The first-order valence-corrected chi connectivity index (χ1v) is 6.56. The van der Waals surface area contributed by atoms with Crippen LogP contribution in [0.3, 0.4) is 0 Å². The van der Waals surface area contributed by atoms with E-state index in [1.54, 1.807) is 18.3 Å². The van der Waals surface area contributed by atoms with E-state index in [1.165, 1.54) is 23.5 Å². The van der Waals surface area contributed by atoms with Crippen LogP contribution in [0.4, 0.5) is 4.39 Å². The van der Waals surface area contributed by atoms with Crippen LogP contribution in [0.25, 0.3) is 21.1 Å². The first kappa shape index (κ1) is 11.9. The van der Waals surface area contributed by atoms with Gasteiger partial charge in [-0.05, 0) is 43.3 Å². The summed E-state index contributed by atoms with van der Waals surface area (Å²) in [4.78, 5) is 4.24. The summed E-state index contributed by atoms with van der Waals surface area (Å²) in [5.41, 5.74) is 2.77. The van der Waals surface area contributed by atoms with E-state index >= 15 is 0 Å². The maximum atomic E-state index is 12.9. The van der Waals surface area contributed by atoms with Crippen LogP contribution in [0.2, 0.25) is 0 Å². The smallest absolute Gasteiger partial charge is 0.149 e. The third-order valence-corrected chi connectivity index (χ3v) is 3.70. The molecule has 0 fully saturated rings. The van der Waals surface area contributed by atoms with Gasteiger partial charge in [-0.1, -0.05) is 11.3 Å². The van der Waals surface area contributed by atoms with Crippen molar-refractivity contribution in [1.29, 1.82) is 0 Å². The first-order chi connectivity index (χ1) is 9.22. The lowest BCUT2D eigenvalue weighted by Crippen LogP contribution is -1.81. The fourth-order valence-corrected chi connectivity index (χ4v) is 2.48. The average molecular weight is 271 g/mol. The Morgan fingerprint density at radius 1 is 0.895 bits per heavy atom. The molecular formula is C14H10FN3S. The van der Waals surface area contributed by atoms with E-state index in [9.17, 15) is 4.39 Å². The summed E-state index contributed by atoms with van der Waals surface area (Å²) in [6.45, 7) is 1.94. The van der Waals surface area contributed by atoms with Gasteiger partial charge < -0.3 is 0 Å². The zero-order valence-electron chi connectivity index (χ0n) is 10.2. The van der Waals surface area contributed by atoms with Crippen molar-refractivity contribution in [3.05, 3.63) is 54.1 Å². The summed E-state index contributed by atoms with van der Waals surface area (Å²) in [5, 5.41) is 9.87. The third kappa shape index (κ3) is 2.51. The molecule has 5 heteroatoms. The molecule has 2 heterocycles. The van der Waals surface area contributed by atoms with Gasteiger partial charge >= 0.3 is 0 Å². The van der Waals surface area contributed by atoms with Gasteiger partial charge in [0.2, 0.25) is 0 Å². The zero-order chi connectivity index (χ0) is 13.2. The van der Waals surface area contributed by atoms with Gasteiger partial charge in [0.1, 0.15) is 15.8 Å². The number of rotatable bonds is 2. The number of hydrogen-bond acceptors (Lipinski definition) is 4. The van der Waals surface area contributed by atoms with Crippen molar-refractivity contribution in [3.8, 4) is 21.1 Å². The molecule has 0 amide bonds. The lowest BCUT2D eigenvalue weighted by molar-refractivity contribution is 0.628. The number of nitrogens with zero attached hydrogens (tertiary/aromatic N) is 3. The van der Waals surface area contributed by atoms with Crippen molar-refractivity contribution in [2.45, 2.75) is 6.92 Å². The molecule has 1 aromatic carbocycles. The molecule has 3 aromatic rings. The summed E-state index contributed by atoms with van der Waals surface area (Å²) in [7, 11) is 0. The van der Waals surface area contributed by atoms with Crippen LogP contribution in [0.1, 0.15) is 5.69 Å². The highest BCUT2D eigenvalue weighted by atomic mass is 32.1. The lowest BCUT2D eigenvalue weighted by atomic mass is 10.2. The van der Waals surface area contributed by atoms with E-state index in [0.29, 0.717) is 0 Å². The van der Waals surface area contributed by atoms with Gasteiger partial charge in [-0.15, -0.1) is 10.2 Å². The second kappa shape index (κ2) is 4.85. The zero-order valence-corrected chi connectivity index (χ0v) is 11.0. The van der Waals surface area contributed by atoms with Crippen LogP contribution in [-0.2, 0) is 0 Å². The monoisotopic (exact) mass is 271 g/mol. The number of pyridine rings is 1. The van der Waals surface area contributed by atoms with E-state index in [2.05, 4.69) is 15.2 Å². The molecule has 0 bridgehead atoms. The molecule has 0 spiro atoms. The first-order valence-electron chi connectivity index (χ1n) is 5.75. The Labute approximate surface area is 113 Å². The minimum Gasteiger partial charge on any atom is -0.261 e. The summed E-state index contributed by atoms with van der Waals surface area (Å²) in [5.74, 6) is -0.253. The Balaban J connectivity index is 1.95. The Morgan fingerprint density at radius 3 is 2.16 bits per heavy atom. The average Bonchev–Trinajstić information content (AvgIpc) is 2.90. The van der Waals surface area contributed by atoms with Gasteiger partial charge in [-0.25, -0.2) is 4.39 Å². The van der Waals surface area contributed by atoms with Crippen LogP contribution < -0.4 is 0 Å². The van der Waals surface area contributed by atoms with Crippen LogP contribution in [0, 0.1) is 12.7 Å². The normalized spacial score (nSPS) is 10.6. The van der Waals surface area contributed by atoms with E-state index in [1.807, 2.05) is 19.1 Å². The molecule has 0 saturated heterocycles. The summed E-state index contributed by atoms with van der Waals surface area (Å²) in [6.07, 6.45) is 1.78. The van der Waals surface area contributed by atoms with Gasteiger partial charge in [-0.3, -0.25) is 4.98 Å². The highest BCUT2D eigenvalue weighted by Crippen LogP contribution is 2.29. The van der Waals surface area contributed by atoms with Gasteiger partial charge in [0, 0.05) is 23.0 Å². The Hall–Kier alpha value is -2.14. The second-order valence-electron chi connectivity index (χ2n) is 4.11. The molecule has 0 radical (unpaired) electrons. The van der Waals surface area contributed by atoms with Crippen LogP contribution in [0.5, 0.6) is 0 Å². The lowest BCUT2D eigenvalue weighted by Gasteiger charge is -1.95. The quantitative estimate of drug-likeness (QED) is 0.713. The van der Waals surface area contributed by atoms with Crippen molar-refractivity contribution in [1.82, 2.24) is 15.2 Å². The predicted molar refractivity (Wildman–Crippen MR) is 73.3 cm³/mol. The molecule has 0 aliphatic carbocycles. The molecular weight excluding hydrogens is 261 g/mol. The number of benzene rings is 1. The molecule has 0 aliphatic heterocycles. The highest BCUT2D eigenvalue weighted by Gasteiger charge is 2.08. The fraction of sp³-hybridized carbons (Fsp3) is 0.0714. The summed E-state index contributed by atoms with van der Waals surface area (Å²) in [6, 6.07) is 10.2. The highest BCUT2D eigenvalue weighted by molar-refractivity contribution is 7.17. The van der Waals surface area contributed by atoms with Gasteiger partial charge in [0.25, 0.3) is 0 Å². The summed E-state index contributed by atoms with van der Waals surface area (Å²) < 4.78 is 12.9. The minimum atomic E-state index is -0.253. The largest absolute Gasteiger partial charge is 0.261 e. The third-order valence-electron chi connectivity index (χ3n) is 2.67. The topological polar surface area (TPSA) is 38.7 Å². The molecule has 0 saturated carbocycles. The second-order valence-corrected chi connectivity index (χ2v) is 5.09. The molecule has 0 aliphatic rings. The molecule has 3 nitrogen and oxygen atoms in total. The fourth-order valence-electron chi connectivity index (χ4n) is 1.64. The van der Waals surface area contributed by atoms with E-state index in [4.69, 9.17) is 0 Å². The molecule has 3 rings (SSSR count). The predicted octanol–water partition coefficient (Wildman–Crippen LogP) is 3.71. The van der Waals surface area contributed by atoms with Crippen molar-refractivity contribution < 1.29 is 4.39 Å². The van der Waals surface area contributed by atoms with Crippen LogP contribution in [0.15, 0.2) is 42.6 Å². The van der Waals surface area contributed by atoms with E-state index in [-0.39, 0.29) is 5.82 Å². The van der Waals surface area contributed by atoms with Crippen molar-refractivity contribution >= 4 is 11.3 Å². The molecule has 0 N–H and O–H groups in total. The van der Waals surface area contributed by atoms with E-state index in [0.717, 1.165) is 26.8 Å². The Morgan fingerprint density at radius 2 is 1.53 bits per heavy atom. The standard InChI is InChI=1S/C14H10FN3S/c1-9-2-3-11(8-16-9)14-18-17-13(19-14)10-4-6-12(15)7-5-10/h2-8H,1H3. The van der Waals surface area contributed by atoms with Crippen molar-refractivity contribution in [2.75, 3.05) is 0 Å². The van der Waals surface area contributed by atoms with Gasteiger partial charge in [-0.2, -0.15) is 0 Å². The maximum absolute atomic E-state index is 12.9. The molecule has 94 valence electrons. The molecule has 0 unspecified atom stereocenters. The van der Waals surface area contributed by atoms with Crippen LogP contribution in [-0.4, -0.2) is 15.2 Å². The van der Waals surface area contributed by atoms with Crippen LogP contribution >= 0.6 is 11.3 Å². The number of aryl methyl sites for hydroxylation is 1.